The maximum Gasteiger partial charge on any atom is 0.312 e. The Morgan fingerprint density at radius 3 is 1.52 bits per heavy atom. The highest BCUT2D eigenvalue weighted by Gasteiger charge is 2.36. The largest absolute Gasteiger partial charge is 0.466 e. The van der Waals surface area contributed by atoms with Crippen molar-refractivity contribution in [1.82, 2.24) is 9.80 Å². The van der Waals surface area contributed by atoms with Crippen molar-refractivity contribution >= 4 is 11.9 Å². The minimum absolute atomic E-state index is 0.207. The summed E-state index contributed by atoms with van der Waals surface area (Å²) in [5, 5.41) is 0. The molecule has 0 aliphatic heterocycles. The average Bonchev–Trinajstić information content (AvgIpc) is 2.46. The summed E-state index contributed by atoms with van der Waals surface area (Å²) in [4.78, 5) is 28.8. The first-order valence-electron chi connectivity index (χ1n) is 9.17. The van der Waals surface area contributed by atoms with Gasteiger partial charge in [-0.3, -0.25) is 9.59 Å². The van der Waals surface area contributed by atoms with E-state index in [1.165, 1.54) is 0 Å². The molecule has 0 saturated carbocycles. The Hall–Kier alpha value is -1.14. The number of carbonyl (C=O) groups is 2. The van der Waals surface area contributed by atoms with Crippen molar-refractivity contribution in [2.75, 3.05) is 53.5 Å². The van der Waals surface area contributed by atoms with Gasteiger partial charge in [0.2, 0.25) is 0 Å². The van der Waals surface area contributed by atoms with Crippen molar-refractivity contribution in [1.29, 1.82) is 0 Å². The zero-order valence-electron chi connectivity index (χ0n) is 17.5. The summed E-state index contributed by atoms with van der Waals surface area (Å²) < 4.78 is 10.4. The molecule has 0 bridgehead atoms. The molecule has 0 amide bonds. The lowest BCUT2D eigenvalue weighted by atomic mass is 9.89. The van der Waals surface area contributed by atoms with Crippen molar-refractivity contribution in [3.8, 4) is 0 Å². The zero-order valence-corrected chi connectivity index (χ0v) is 17.5. The molecule has 0 spiro atoms. The molecular weight excluding hydrogens is 320 g/mol. The molecule has 25 heavy (non-hydrogen) atoms. The molecule has 0 N–H and O–H groups in total. The van der Waals surface area contributed by atoms with E-state index in [0.717, 1.165) is 19.5 Å². The summed E-state index contributed by atoms with van der Waals surface area (Å²) >= 11 is 0. The van der Waals surface area contributed by atoms with Crippen LogP contribution in [0.5, 0.6) is 0 Å². The molecule has 148 valence electrons. The highest BCUT2D eigenvalue weighted by atomic mass is 16.5. The first-order valence-corrected chi connectivity index (χ1v) is 9.17. The van der Waals surface area contributed by atoms with Gasteiger partial charge in [-0.2, -0.15) is 0 Å². The van der Waals surface area contributed by atoms with E-state index in [2.05, 4.69) is 9.80 Å². The van der Waals surface area contributed by atoms with Crippen LogP contribution in [-0.2, 0) is 19.1 Å². The molecule has 0 aromatic carbocycles. The van der Waals surface area contributed by atoms with Crippen LogP contribution in [0.2, 0.25) is 0 Å². The fourth-order valence-electron chi connectivity index (χ4n) is 2.72. The third-order valence-corrected chi connectivity index (χ3v) is 3.97. The molecule has 0 aliphatic rings. The number of hydrogen-bond acceptors (Lipinski definition) is 6. The number of rotatable bonds is 12. The lowest BCUT2D eigenvalue weighted by molar-refractivity contribution is -0.156. The third-order valence-electron chi connectivity index (χ3n) is 3.97. The Labute approximate surface area is 153 Å². The highest BCUT2D eigenvalue weighted by Crippen LogP contribution is 2.24. The van der Waals surface area contributed by atoms with Gasteiger partial charge in [-0.1, -0.05) is 0 Å². The Morgan fingerprint density at radius 1 is 0.800 bits per heavy atom. The minimum Gasteiger partial charge on any atom is -0.466 e. The number of ether oxygens (including phenoxy) is 2. The fourth-order valence-corrected chi connectivity index (χ4v) is 2.72. The van der Waals surface area contributed by atoms with Gasteiger partial charge in [0.05, 0.1) is 24.0 Å². The molecule has 0 unspecified atom stereocenters. The Morgan fingerprint density at radius 2 is 1.20 bits per heavy atom. The van der Waals surface area contributed by atoms with E-state index >= 15 is 0 Å². The molecule has 0 saturated heterocycles. The van der Waals surface area contributed by atoms with E-state index < -0.39 is 10.8 Å². The van der Waals surface area contributed by atoms with Gasteiger partial charge in [0.15, 0.2) is 0 Å². The van der Waals surface area contributed by atoms with Gasteiger partial charge in [0.25, 0.3) is 0 Å². The summed E-state index contributed by atoms with van der Waals surface area (Å²) in [6.45, 7) is 14.8. The monoisotopic (exact) mass is 358 g/mol. The number of esters is 2. The topological polar surface area (TPSA) is 59.1 Å². The van der Waals surface area contributed by atoms with E-state index in [4.69, 9.17) is 9.47 Å². The van der Waals surface area contributed by atoms with Crippen LogP contribution >= 0.6 is 0 Å². The predicted molar refractivity (Wildman–Crippen MR) is 100 cm³/mol. The van der Waals surface area contributed by atoms with Crippen molar-refractivity contribution in [3.05, 3.63) is 0 Å². The molecule has 0 aromatic heterocycles. The van der Waals surface area contributed by atoms with Crippen LogP contribution in [0.1, 0.15) is 48.0 Å². The number of carbonyl (C=O) groups excluding carboxylic acids is 2. The molecule has 0 radical (unpaired) electrons. The van der Waals surface area contributed by atoms with Gasteiger partial charge in [-0.15, -0.1) is 0 Å². The molecular formula is C19H38N2O4. The number of nitrogens with zero attached hydrogens (tertiary/aromatic N) is 2. The quantitative estimate of drug-likeness (QED) is 0.499. The Kier molecular flexibility index (Phi) is 10.3. The van der Waals surface area contributed by atoms with E-state index in [9.17, 15) is 9.59 Å². The lowest BCUT2D eigenvalue weighted by Crippen LogP contribution is -2.47. The Balaban J connectivity index is 5.08. The van der Waals surface area contributed by atoms with E-state index in [-0.39, 0.29) is 11.9 Å². The van der Waals surface area contributed by atoms with Gasteiger partial charge in [-0.25, -0.2) is 0 Å². The van der Waals surface area contributed by atoms with E-state index in [1.54, 1.807) is 0 Å². The molecule has 0 fully saturated rings. The normalized spacial score (nSPS) is 12.6. The molecule has 0 rings (SSSR count). The van der Waals surface area contributed by atoms with Gasteiger partial charge < -0.3 is 19.3 Å². The van der Waals surface area contributed by atoms with Gasteiger partial charge in [0, 0.05) is 13.1 Å². The summed E-state index contributed by atoms with van der Waals surface area (Å²) in [5.74, 6) is -0.414. The summed E-state index contributed by atoms with van der Waals surface area (Å²) in [6.07, 6.45) is 0.963. The maximum absolute atomic E-state index is 12.2. The lowest BCUT2D eigenvalue weighted by Gasteiger charge is -2.35. The highest BCUT2D eigenvalue weighted by molar-refractivity contribution is 5.77. The second-order valence-electron chi connectivity index (χ2n) is 8.08. The van der Waals surface area contributed by atoms with Crippen LogP contribution < -0.4 is 0 Å². The van der Waals surface area contributed by atoms with Gasteiger partial charge in [0.1, 0.15) is 0 Å². The standard InChI is InChI=1S/C19H38N2O4/c1-9-24-16(22)18(3,4)14-21(13-11-12-20(7)8)15-19(5,6)17(23)25-10-2/h9-15H2,1-8H3. The van der Waals surface area contributed by atoms with Crippen LogP contribution in [-0.4, -0.2) is 75.2 Å². The predicted octanol–water partition coefficient (Wildman–Crippen LogP) is 2.42. The molecule has 0 atom stereocenters. The van der Waals surface area contributed by atoms with Crippen LogP contribution in [0.3, 0.4) is 0 Å². The Bertz CT molecular complexity index is 388. The van der Waals surface area contributed by atoms with E-state index in [0.29, 0.717) is 26.3 Å². The van der Waals surface area contributed by atoms with Crippen LogP contribution in [0.4, 0.5) is 0 Å². The molecule has 0 heterocycles. The second kappa shape index (κ2) is 10.8. The minimum atomic E-state index is -0.626. The first kappa shape index (κ1) is 23.9. The van der Waals surface area contributed by atoms with Crippen molar-refractivity contribution in [2.24, 2.45) is 10.8 Å². The molecule has 6 nitrogen and oxygen atoms in total. The summed E-state index contributed by atoms with van der Waals surface area (Å²) in [7, 11) is 4.07. The van der Waals surface area contributed by atoms with Crippen molar-refractivity contribution in [2.45, 2.75) is 48.0 Å². The van der Waals surface area contributed by atoms with Crippen LogP contribution in [0.25, 0.3) is 0 Å². The third kappa shape index (κ3) is 9.21. The van der Waals surface area contributed by atoms with Crippen LogP contribution in [0.15, 0.2) is 0 Å². The smallest absolute Gasteiger partial charge is 0.312 e. The molecule has 0 aliphatic carbocycles. The van der Waals surface area contributed by atoms with E-state index in [1.807, 2.05) is 55.6 Å². The van der Waals surface area contributed by atoms with Gasteiger partial charge >= 0.3 is 11.9 Å². The SMILES string of the molecule is CCOC(=O)C(C)(C)CN(CCCN(C)C)CC(C)(C)C(=O)OCC. The van der Waals surface area contributed by atoms with Crippen LogP contribution in [0, 0.1) is 10.8 Å². The first-order chi connectivity index (χ1) is 11.5. The summed E-state index contributed by atoms with van der Waals surface area (Å²) in [6, 6.07) is 0. The fraction of sp³-hybridized carbons (Fsp3) is 0.895. The number of hydrogen-bond donors (Lipinski definition) is 0. The second-order valence-corrected chi connectivity index (χ2v) is 8.08. The molecule has 6 heteroatoms. The zero-order chi connectivity index (χ0) is 19.7. The molecule has 0 aromatic rings. The van der Waals surface area contributed by atoms with Gasteiger partial charge in [-0.05, 0) is 75.1 Å². The maximum atomic E-state index is 12.2. The average molecular weight is 359 g/mol. The summed E-state index contributed by atoms with van der Waals surface area (Å²) in [5.41, 5.74) is -1.25. The van der Waals surface area contributed by atoms with Crippen molar-refractivity contribution in [3.63, 3.8) is 0 Å². The van der Waals surface area contributed by atoms with Crippen molar-refractivity contribution < 1.29 is 19.1 Å².